The summed E-state index contributed by atoms with van der Waals surface area (Å²) in [6.07, 6.45) is 1.40. The summed E-state index contributed by atoms with van der Waals surface area (Å²) >= 11 is 0. The Bertz CT molecular complexity index is 1200. The van der Waals surface area contributed by atoms with Crippen LogP contribution in [0, 0.1) is 17.3 Å². The quantitative estimate of drug-likeness (QED) is 0.481. The van der Waals surface area contributed by atoms with Gasteiger partial charge in [-0.3, -0.25) is 0 Å². The highest BCUT2D eigenvalue weighted by molar-refractivity contribution is 5.45. The first kappa shape index (κ1) is 20.0. The average Bonchev–Trinajstić information content (AvgIpc) is 2.78. The maximum Gasteiger partial charge on any atom is 0.216 e. The number of pyridine rings is 3. The van der Waals surface area contributed by atoms with Gasteiger partial charge in [0.05, 0.1) is 28.9 Å². The lowest BCUT2D eigenvalue weighted by molar-refractivity contribution is 0.539. The van der Waals surface area contributed by atoms with Crippen LogP contribution in [0.5, 0.6) is 0 Å². The van der Waals surface area contributed by atoms with Gasteiger partial charge in [-0.25, -0.2) is 15.0 Å². The monoisotopic (exact) mass is 410 g/mol. The highest BCUT2D eigenvalue weighted by Gasteiger charge is 2.32. The number of hydrogen-bond acceptors (Lipinski definition) is 6. The maximum atomic E-state index is 15.0. The van der Waals surface area contributed by atoms with Crippen molar-refractivity contribution in [1.29, 1.82) is 5.26 Å². The van der Waals surface area contributed by atoms with Crippen LogP contribution in [0.15, 0.2) is 79.0 Å². The van der Waals surface area contributed by atoms with Crippen molar-refractivity contribution in [3.8, 4) is 6.07 Å². The molecule has 1 unspecified atom stereocenters. The third kappa shape index (κ3) is 4.19. The van der Waals surface area contributed by atoms with E-state index in [9.17, 15) is 9.65 Å². The molecule has 1 aromatic carbocycles. The Morgan fingerprint density at radius 1 is 0.774 bits per heavy atom. The second-order valence-electron chi connectivity index (χ2n) is 7.05. The molecule has 4 N–H and O–H groups in total. The van der Waals surface area contributed by atoms with Gasteiger partial charge in [0.25, 0.3) is 0 Å². The molecule has 0 fully saturated rings. The minimum absolute atomic E-state index is 0.344. The summed E-state index contributed by atoms with van der Waals surface area (Å²) < 4.78 is 15.0. The molecule has 0 spiro atoms. The van der Waals surface area contributed by atoms with E-state index in [1.807, 2.05) is 12.1 Å². The Kier molecular flexibility index (Phi) is 5.54. The molecule has 7 heteroatoms. The van der Waals surface area contributed by atoms with Gasteiger partial charge < -0.3 is 11.5 Å². The third-order valence-electron chi connectivity index (χ3n) is 5.08. The second kappa shape index (κ2) is 8.59. The van der Waals surface area contributed by atoms with E-state index < -0.39 is 17.8 Å². The third-order valence-corrected chi connectivity index (χ3v) is 5.08. The highest BCUT2D eigenvalue weighted by atomic mass is 19.1. The lowest BCUT2D eigenvalue weighted by atomic mass is 9.77. The van der Waals surface area contributed by atoms with Crippen molar-refractivity contribution < 1.29 is 4.39 Å². The minimum atomic E-state index is -0.588. The zero-order valence-electron chi connectivity index (χ0n) is 16.5. The number of nitrogens with zero attached hydrogens (tertiary/aromatic N) is 4. The van der Waals surface area contributed by atoms with Crippen molar-refractivity contribution in [2.75, 3.05) is 11.5 Å². The zero-order valence-corrected chi connectivity index (χ0v) is 16.5. The molecular formula is C24H19FN6. The smallest absolute Gasteiger partial charge is 0.216 e. The Labute approximate surface area is 179 Å². The summed E-state index contributed by atoms with van der Waals surface area (Å²) in [5, 5.41) is 9.19. The molecule has 0 aliphatic rings. The summed E-state index contributed by atoms with van der Waals surface area (Å²) in [7, 11) is 0. The molecule has 0 aliphatic carbocycles. The number of hydrogen-bond donors (Lipinski definition) is 2. The summed E-state index contributed by atoms with van der Waals surface area (Å²) in [4.78, 5) is 12.9. The number of anilines is 2. The summed E-state index contributed by atoms with van der Waals surface area (Å²) in [6.45, 7) is 0. The van der Waals surface area contributed by atoms with Crippen molar-refractivity contribution >= 4 is 11.6 Å². The van der Waals surface area contributed by atoms with Crippen molar-refractivity contribution in [2.45, 2.75) is 11.8 Å². The van der Waals surface area contributed by atoms with Crippen LogP contribution < -0.4 is 11.5 Å². The number of nitrogen functional groups attached to an aromatic ring is 2. The fourth-order valence-electron chi connectivity index (χ4n) is 3.72. The van der Waals surface area contributed by atoms with Crippen LogP contribution in [0.3, 0.4) is 0 Å². The predicted molar refractivity (Wildman–Crippen MR) is 116 cm³/mol. The predicted octanol–water partition coefficient (Wildman–Crippen LogP) is 4.01. The number of benzene rings is 1. The summed E-state index contributed by atoms with van der Waals surface area (Å²) in [5.74, 6) is -0.938. The average molecular weight is 410 g/mol. The molecule has 0 saturated heterocycles. The van der Waals surface area contributed by atoms with Crippen LogP contribution in [-0.4, -0.2) is 15.0 Å². The molecule has 152 valence electrons. The minimum Gasteiger partial charge on any atom is -0.384 e. The molecule has 0 saturated carbocycles. The van der Waals surface area contributed by atoms with Crippen LogP contribution in [0.2, 0.25) is 0 Å². The van der Waals surface area contributed by atoms with E-state index in [0.29, 0.717) is 34.2 Å². The fraction of sp³-hybridized carbons (Fsp3) is 0.0833. The zero-order chi connectivity index (χ0) is 21.8. The van der Waals surface area contributed by atoms with Gasteiger partial charge in [-0.2, -0.15) is 9.65 Å². The van der Waals surface area contributed by atoms with Crippen LogP contribution in [0.1, 0.15) is 39.9 Å². The largest absolute Gasteiger partial charge is 0.384 e. The van der Waals surface area contributed by atoms with E-state index in [-0.39, 0.29) is 0 Å². The Hall–Kier alpha value is -4.31. The molecule has 3 heterocycles. The second-order valence-corrected chi connectivity index (χ2v) is 7.05. The van der Waals surface area contributed by atoms with Gasteiger partial charge in [-0.1, -0.05) is 30.3 Å². The SMILES string of the molecule is N#Cc1ccc(C(c2cccnc2F)C(c2cccc(N)n2)c2cccc(N)n2)cc1. The first-order chi connectivity index (χ1) is 15.1. The fourth-order valence-corrected chi connectivity index (χ4v) is 3.72. The van der Waals surface area contributed by atoms with Gasteiger partial charge in [-0.15, -0.1) is 0 Å². The first-order valence-corrected chi connectivity index (χ1v) is 9.62. The van der Waals surface area contributed by atoms with Gasteiger partial charge in [0, 0.05) is 17.7 Å². The van der Waals surface area contributed by atoms with E-state index >= 15 is 0 Å². The molecule has 4 rings (SSSR count). The Balaban J connectivity index is 1.99. The molecular weight excluding hydrogens is 391 g/mol. The number of halogens is 1. The van der Waals surface area contributed by atoms with Crippen molar-refractivity contribution in [3.63, 3.8) is 0 Å². The molecule has 3 aromatic heterocycles. The van der Waals surface area contributed by atoms with E-state index in [4.69, 9.17) is 11.5 Å². The lowest BCUT2D eigenvalue weighted by Crippen LogP contribution is -2.19. The van der Waals surface area contributed by atoms with Crippen LogP contribution in [-0.2, 0) is 0 Å². The maximum absolute atomic E-state index is 15.0. The van der Waals surface area contributed by atoms with Gasteiger partial charge in [0.2, 0.25) is 5.95 Å². The van der Waals surface area contributed by atoms with E-state index in [2.05, 4.69) is 21.0 Å². The number of nitrogens with two attached hydrogens (primary N) is 2. The molecule has 0 bridgehead atoms. The van der Waals surface area contributed by atoms with Gasteiger partial charge >= 0.3 is 0 Å². The highest BCUT2D eigenvalue weighted by Crippen LogP contribution is 2.42. The number of rotatable bonds is 5. The number of aromatic nitrogens is 3. The molecule has 4 aromatic rings. The van der Waals surface area contributed by atoms with E-state index in [1.165, 1.54) is 6.20 Å². The summed E-state index contributed by atoms with van der Waals surface area (Å²) in [6, 6.07) is 23.1. The van der Waals surface area contributed by atoms with Crippen molar-refractivity contribution in [2.24, 2.45) is 0 Å². The van der Waals surface area contributed by atoms with Gasteiger partial charge in [0.15, 0.2) is 0 Å². The molecule has 0 aliphatic heterocycles. The summed E-state index contributed by atoms with van der Waals surface area (Å²) in [5.41, 5.74) is 14.9. The van der Waals surface area contributed by atoms with E-state index in [0.717, 1.165) is 5.56 Å². The topological polar surface area (TPSA) is 114 Å². The normalized spacial score (nSPS) is 11.8. The first-order valence-electron chi connectivity index (χ1n) is 9.62. The van der Waals surface area contributed by atoms with Gasteiger partial charge in [0.1, 0.15) is 11.6 Å². The lowest BCUT2D eigenvalue weighted by Gasteiger charge is -2.28. The molecule has 1 atom stereocenters. The molecule has 0 amide bonds. The Morgan fingerprint density at radius 2 is 1.39 bits per heavy atom. The van der Waals surface area contributed by atoms with Crippen molar-refractivity contribution in [1.82, 2.24) is 15.0 Å². The molecule has 0 radical (unpaired) electrons. The van der Waals surface area contributed by atoms with Crippen molar-refractivity contribution in [3.05, 3.63) is 113 Å². The van der Waals surface area contributed by atoms with Crippen LogP contribution in [0.4, 0.5) is 16.0 Å². The van der Waals surface area contributed by atoms with Gasteiger partial charge in [-0.05, 0) is 48.0 Å². The number of nitriles is 1. The van der Waals surface area contributed by atoms with E-state index in [1.54, 1.807) is 60.7 Å². The Morgan fingerprint density at radius 3 is 1.90 bits per heavy atom. The van der Waals surface area contributed by atoms with Crippen LogP contribution >= 0.6 is 0 Å². The van der Waals surface area contributed by atoms with Crippen LogP contribution in [0.25, 0.3) is 0 Å². The standard InChI is InChI=1S/C24H19FN6/c25-24-17(4-3-13-29-24)22(16-11-9-15(14-26)10-12-16)23(18-5-1-7-20(27)30-18)19-6-2-8-21(28)31-19/h1-13,22-23H,(H2,27,30)(H2,28,31). The molecule has 6 nitrogen and oxygen atoms in total. The molecule has 31 heavy (non-hydrogen) atoms.